The third-order valence-electron chi connectivity index (χ3n) is 3.35. The van der Waals surface area contributed by atoms with Gasteiger partial charge in [0.2, 0.25) is 10.0 Å². The van der Waals surface area contributed by atoms with Crippen LogP contribution < -0.4 is 9.62 Å². The number of rotatable bonds is 8. The lowest BCUT2D eigenvalue weighted by Crippen LogP contribution is -2.32. The summed E-state index contributed by atoms with van der Waals surface area (Å²) in [6.07, 6.45) is 1.93. The maximum absolute atomic E-state index is 12.3. The Morgan fingerprint density at radius 1 is 1.38 bits per heavy atom. The van der Waals surface area contributed by atoms with Crippen LogP contribution in [0, 0.1) is 0 Å². The molecule has 7 heteroatoms. The van der Waals surface area contributed by atoms with Crippen LogP contribution in [0.1, 0.15) is 26.2 Å². The second-order valence-corrected chi connectivity index (χ2v) is 6.77. The summed E-state index contributed by atoms with van der Waals surface area (Å²) in [5.41, 5.74) is 0.585. The highest BCUT2D eigenvalue weighted by molar-refractivity contribution is 7.89. The van der Waals surface area contributed by atoms with Crippen LogP contribution in [0.5, 0.6) is 0 Å². The molecule has 0 heterocycles. The Morgan fingerprint density at radius 3 is 2.62 bits per heavy atom. The molecule has 0 unspecified atom stereocenters. The third-order valence-corrected chi connectivity index (χ3v) is 4.95. The fraction of sp³-hybridized carbons (Fsp3) is 0.500. The summed E-state index contributed by atoms with van der Waals surface area (Å²) in [5, 5.41) is 8.87. The van der Waals surface area contributed by atoms with Gasteiger partial charge < -0.3 is 10.0 Å². The third kappa shape index (κ3) is 3.95. The Balaban J connectivity index is 2.34. The molecule has 1 aliphatic rings. The van der Waals surface area contributed by atoms with Gasteiger partial charge in [0.15, 0.2) is 0 Å². The smallest absolute Gasteiger partial charge is 0.305 e. The molecule has 1 aromatic rings. The van der Waals surface area contributed by atoms with E-state index in [0.717, 1.165) is 12.8 Å². The van der Waals surface area contributed by atoms with Crippen molar-refractivity contribution in [1.29, 1.82) is 0 Å². The molecule has 0 radical (unpaired) electrons. The van der Waals surface area contributed by atoms with Gasteiger partial charge in [-0.25, -0.2) is 13.1 Å². The van der Waals surface area contributed by atoms with Crippen molar-refractivity contribution in [2.45, 2.75) is 37.1 Å². The lowest BCUT2D eigenvalue weighted by atomic mass is 10.2. The molecule has 0 aliphatic heterocycles. The quantitative estimate of drug-likeness (QED) is 0.758. The van der Waals surface area contributed by atoms with E-state index in [1.54, 1.807) is 31.2 Å². The van der Waals surface area contributed by atoms with Gasteiger partial charge in [-0.3, -0.25) is 4.79 Å². The molecule has 1 fully saturated rings. The first kappa shape index (κ1) is 15.8. The molecular formula is C14H20N2O4S. The van der Waals surface area contributed by atoms with Crippen molar-refractivity contribution in [3.63, 3.8) is 0 Å². The minimum absolute atomic E-state index is 0.00785. The minimum atomic E-state index is -3.57. The van der Waals surface area contributed by atoms with Gasteiger partial charge in [0.05, 0.1) is 12.1 Å². The van der Waals surface area contributed by atoms with Gasteiger partial charge in [-0.1, -0.05) is 19.1 Å². The molecular weight excluding hydrogens is 292 g/mol. The molecule has 1 aliphatic carbocycles. The van der Waals surface area contributed by atoms with Crippen LogP contribution >= 0.6 is 0 Å². The van der Waals surface area contributed by atoms with E-state index in [1.807, 2.05) is 4.90 Å². The van der Waals surface area contributed by atoms with Gasteiger partial charge >= 0.3 is 5.97 Å². The average Bonchev–Trinajstić information content (AvgIpc) is 3.24. The van der Waals surface area contributed by atoms with Crippen LogP contribution in [-0.2, 0) is 14.8 Å². The van der Waals surface area contributed by atoms with Gasteiger partial charge in [-0.05, 0) is 25.0 Å². The number of carboxylic acid groups (broad SMARTS) is 1. The fourth-order valence-corrected chi connectivity index (χ4v) is 3.55. The number of sulfonamides is 1. The number of hydrogen-bond acceptors (Lipinski definition) is 4. The number of aliphatic carboxylic acids is 1. The summed E-state index contributed by atoms with van der Waals surface area (Å²) in [4.78, 5) is 12.9. The van der Waals surface area contributed by atoms with E-state index >= 15 is 0 Å². The number of carboxylic acids is 1. The molecule has 1 saturated carbocycles. The van der Waals surface area contributed by atoms with Gasteiger partial charge in [0, 0.05) is 19.1 Å². The highest BCUT2D eigenvalue weighted by atomic mass is 32.2. The number of para-hydroxylation sites is 1. The summed E-state index contributed by atoms with van der Waals surface area (Å²) in [6, 6.07) is 6.99. The Kier molecular flexibility index (Phi) is 4.84. The van der Waals surface area contributed by atoms with Gasteiger partial charge in [-0.15, -0.1) is 0 Å². The fourth-order valence-electron chi connectivity index (χ4n) is 2.29. The first-order valence-electron chi connectivity index (χ1n) is 7.03. The average molecular weight is 312 g/mol. The first-order chi connectivity index (χ1) is 9.95. The maximum Gasteiger partial charge on any atom is 0.305 e. The van der Waals surface area contributed by atoms with Crippen LogP contribution in [-0.4, -0.2) is 38.6 Å². The van der Waals surface area contributed by atoms with Crippen LogP contribution in [0.3, 0.4) is 0 Å². The lowest BCUT2D eigenvalue weighted by molar-refractivity contribution is -0.136. The maximum atomic E-state index is 12.3. The number of carbonyl (C=O) groups is 1. The van der Waals surface area contributed by atoms with Crippen LogP contribution in [0.4, 0.5) is 5.69 Å². The molecule has 21 heavy (non-hydrogen) atoms. The van der Waals surface area contributed by atoms with Crippen molar-refractivity contribution in [2.24, 2.45) is 0 Å². The molecule has 1 aromatic carbocycles. The zero-order chi connectivity index (χ0) is 15.5. The summed E-state index contributed by atoms with van der Waals surface area (Å²) in [6.45, 7) is 2.36. The summed E-state index contributed by atoms with van der Waals surface area (Å²) < 4.78 is 27.1. The summed E-state index contributed by atoms with van der Waals surface area (Å²) in [5.74, 6) is -0.882. The molecule has 2 rings (SSSR count). The Bertz CT molecular complexity index is 611. The molecule has 6 nitrogen and oxygen atoms in total. The summed E-state index contributed by atoms with van der Waals surface area (Å²) >= 11 is 0. The first-order valence-corrected chi connectivity index (χ1v) is 8.51. The second kappa shape index (κ2) is 6.44. The molecule has 0 aromatic heterocycles. The highest BCUT2D eigenvalue weighted by Gasteiger charge is 2.32. The van der Waals surface area contributed by atoms with E-state index in [4.69, 9.17) is 5.11 Å². The minimum Gasteiger partial charge on any atom is -0.481 e. The second-order valence-electron chi connectivity index (χ2n) is 5.04. The molecule has 0 bridgehead atoms. The molecule has 0 atom stereocenters. The number of hydrogen-bond donors (Lipinski definition) is 2. The molecule has 0 spiro atoms. The van der Waals surface area contributed by atoms with E-state index < -0.39 is 16.0 Å². The number of nitrogens with zero attached hydrogens (tertiary/aromatic N) is 1. The molecule has 0 saturated heterocycles. The van der Waals surface area contributed by atoms with E-state index in [9.17, 15) is 13.2 Å². The van der Waals surface area contributed by atoms with Crippen molar-refractivity contribution in [3.05, 3.63) is 24.3 Å². The topological polar surface area (TPSA) is 86.7 Å². The normalized spacial score (nSPS) is 14.9. The van der Waals surface area contributed by atoms with Gasteiger partial charge in [0.25, 0.3) is 0 Å². The zero-order valence-electron chi connectivity index (χ0n) is 11.9. The van der Waals surface area contributed by atoms with Crippen molar-refractivity contribution < 1.29 is 18.3 Å². The number of anilines is 1. The van der Waals surface area contributed by atoms with Crippen molar-refractivity contribution in [2.75, 3.05) is 18.0 Å². The Morgan fingerprint density at radius 2 is 2.05 bits per heavy atom. The van der Waals surface area contributed by atoms with E-state index in [0.29, 0.717) is 18.8 Å². The monoisotopic (exact) mass is 312 g/mol. The van der Waals surface area contributed by atoms with E-state index in [2.05, 4.69) is 4.72 Å². The van der Waals surface area contributed by atoms with Crippen molar-refractivity contribution >= 4 is 21.7 Å². The van der Waals surface area contributed by atoms with Crippen LogP contribution in [0.15, 0.2) is 29.2 Å². The van der Waals surface area contributed by atoms with E-state index in [1.165, 1.54) is 0 Å². The largest absolute Gasteiger partial charge is 0.481 e. The molecule has 116 valence electrons. The van der Waals surface area contributed by atoms with E-state index in [-0.39, 0.29) is 17.4 Å². The van der Waals surface area contributed by atoms with Gasteiger partial charge in [-0.2, -0.15) is 0 Å². The Hall–Kier alpha value is -1.60. The Labute approximate surface area is 124 Å². The van der Waals surface area contributed by atoms with Gasteiger partial charge in [0.1, 0.15) is 4.90 Å². The highest BCUT2D eigenvalue weighted by Crippen LogP contribution is 2.35. The number of benzene rings is 1. The van der Waals surface area contributed by atoms with Crippen molar-refractivity contribution in [1.82, 2.24) is 4.72 Å². The predicted octanol–water partition coefficient (Wildman–Crippen LogP) is 1.43. The SMILES string of the molecule is CCNS(=O)(=O)c1ccccc1N(CCC(=O)O)C1CC1. The standard InChI is InChI=1S/C14H20N2O4S/c1-2-15-21(19,20)13-6-4-3-5-12(13)16(11-7-8-11)10-9-14(17)18/h3-6,11,15H,2,7-10H2,1H3,(H,17,18). The van der Waals surface area contributed by atoms with Crippen LogP contribution in [0.25, 0.3) is 0 Å². The van der Waals surface area contributed by atoms with Crippen LogP contribution in [0.2, 0.25) is 0 Å². The number of nitrogens with one attached hydrogen (secondary N) is 1. The predicted molar refractivity (Wildman–Crippen MR) is 79.9 cm³/mol. The molecule has 2 N–H and O–H groups in total. The summed E-state index contributed by atoms with van der Waals surface area (Å²) in [7, 11) is -3.57. The molecule has 0 amide bonds. The van der Waals surface area contributed by atoms with Crippen molar-refractivity contribution in [3.8, 4) is 0 Å². The zero-order valence-corrected chi connectivity index (χ0v) is 12.8. The lowest BCUT2D eigenvalue weighted by Gasteiger charge is -2.26.